The van der Waals surface area contributed by atoms with Gasteiger partial charge in [0.25, 0.3) is 0 Å². The average Bonchev–Trinajstić information content (AvgIpc) is 1.88. The molecule has 0 saturated heterocycles. The topological polar surface area (TPSA) is 0 Å². The third kappa shape index (κ3) is 17.7. The largest absolute Gasteiger partial charge is 0.125 e. The van der Waals surface area contributed by atoms with Crippen LogP contribution in [0.1, 0.15) is 6.92 Å². The van der Waals surface area contributed by atoms with Gasteiger partial charge in [0.2, 0.25) is 0 Å². The van der Waals surface area contributed by atoms with Crippen LogP contribution >= 0.6 is 34.8 Å². The van der Waals surface area contributed by atoms with Crippen molar-refractivity contribution in [3.8, 4) is 0 Å². The highest BCUT2D eigenvalue weighted by molar-refractivity contribution is 6.32. The van der Waals surface area contributed by atoms with Crippen molar-refractivity contribution < 1.29 is 0 Å². The maximum Gasteiger partial charge on any atom is 0.0606 e. The first-order valence-corrected chi connectivity index (χ1v) is 4.06. The van der Waals surface area contributed by atoms with Crippen LogP contribution in [0.2, 0.25) is 0 Å². The molecule has 0 spiro atoms. The minimum absolute atomic E-state index is 0.0617. The number of hydrogen-bond donors (Lipinski definition) is 0. The van der Waals surface area contributed by atoms with Crippen LogP contribution in [0.15, 0.2) is 12.7 Å². The second-order valence-corrected chi connectivity index (χ2v) is 2.55. The Balaban J connectivity index is 0. The van der Waals surface area contributed by atoms with E-state index in [9.17, 15) is 0 Å². The van der Waals surface area contributed by atoms with Gasteiger partial charge in [-0.2, -0.15) is 0 Å². The Bertz CT molecular complexity index is 50.3. The fraction of sp³-hybridized carbons (Fsp3) is 0.667. The van der Waals surface area contributed by atoms with E-state index in [4.69, 9.17) is 34.8 Å². The zero-order chi connectivity index (χ0) is 7.70. The molecule has 0 N–H and O–H groups in total. The molecule has 0 fully saturated rings. The van der Waals surface area contributed by atoms with E-state index in [1.54, 1.807) is 6.08 Å². The van der Waals surface area contributed by atoms with Crippen LogP contribution in [0, 0.1) is 0 Å². The standard InChI is InChI=1S/C3H5Cl3.C3H6/c4-1-3(6)2-5;1-3-2/h3H,1-2H2;3H,1H2,2H3. The van der Waals surface area contributed by atoms with E-state index in [2.05, 4.69) is 6.58 Å². The summed E-state index contributed by atoms with van der Waals surface area (Å²) in [4.78, 5) is 0. The Morgan fingerprint density at radius 1 is 1.44 bits per heavy atom. The van der Waals surface area contributed by atoms with Gasteiger partial charge in [-0.1, -0.05) is 6.08 Å². The van der Waals surface area contributed by atoms with Crippen molar-refractivity contribution in [2.45, 2.75) is 12.3 Å². The Labute approximate surface area is 71.8 Å². The maximum atomic E-state index is 5.39. The molecule has 0 atom stereocenters. The van der Waals surface area contributed by atoms with Crippen LogP contribution in [-0.4, -0.2) is 17.1 Å². The molecule has 0 aromatic carbocycles. The fourth-order valence-electron chi connectivity index (χ4n) is 0.0412. The minimum atomic E-state index is -0.0617. The molecule has 0 aliphatic rings. The highest BCUT2D eigenvalue weighted by Gasteiger charge is 1.95. The lowest BCUT2D eigenvalue weighted by molar-refractivity contribution is 1.12. The highest BCUT2D eigenvalue weighted by Crippen LogP contribution is 1.99. The third-order valence-corrected chi connectivity index (χ3v) is 1.70. The van der Waals surface area contributed by atoms with Crippen LogP contribution in [0.25, 0.3) is 0 Å². The smallest absolute Gasteiger partial charge is 0.0606 e. The van der Waals surface area contributed by atoms with Crippen LogP contribution in [0.3, 0.4) is 0 Å². The molecule has 0 rings (SSSR count). The minimum Gasteiger partial charge on any atom is -0.125 e. The summed E-state index contributed by atoms with van der Waals surface area (Å²) >= 11 is 15.9. The molecule has 0 saturated carbocycles. The lowest BCUT2D eigenvalue weighted by Gasteiger charge is -1.92. The predicted octanol–water partition coefficient (Wildman–Crippen LogP) is 3.26. The van der Waals surface area contributed by atoms with Crippen molar-refractivity contribution in [2.24, 2.45) is 0 Å². The molecule has 56 valence electrons. The van der Waals surface area contributed by atoms with Gasteiger partial charge in [0.05, 0.1) is 5.38 Å². The summed E-state index contributed by atoms with van der Waals surface area (Å²) in [5, 5.41) is -0.0617. The molecule has 0 aromatic heterocycles. The molecule has 0 amide bonds. The summed E-state index contributed by atoms with van der Waals surface area (Å²) in [6.07, 6.45) is 1.75. The highest BCUT2D eigenvalue weighted by atomic mass is 35.5. The van der Waals surface area contributed by atoms with Gasteiger partial charge in [0.15, 0.2) is 0 Å². The molecule has 0 bridgehead atoms. The van der Waals surface area contributed by atoms with E-state index >= 15 is 0 Å². The molecular formula is C6H11Cl3. The molecule has 0 radical (unpaired) electrons. The molecule has 0 aromatic rings. The molecular weight excluding hydrogens is 178 g/mol. The lowest BCUT2D eigenvalue weighted by atomic mass is 10.6. The van der Waals surface area contributed by atoms with Gasteiger partial charge in [-0.15, -0.1) is 41.4 Å². The Morgan fingerprint density at radius 3 is 1.67 bits per heavy atom. The van der Waals surface area contributed by atoms with E-state index in [-0.39, 0.29) is 5.38 Å². The lowest BCUT2D eigenvalue weighted by Crippen LogP contribution is -1.99. The first kappa shape index (κ1) is 12.3. The Hall–Kier alpha value is 0.610. The van der Waals surface area contributed by atoms with Crippen molar-refractivity contribution in [1.82, 2.24) is 0 Å². The van der Waals surface area contributed by atoms with Crippen molar-refractivity contribution in [1.29, 1.82) is 0 Å². The zero-order valence-corrected chi connectivity index (χ0v) is 7.68. The second-order valence-electron chi connectivity index (χ2n) is 1.31. The summed E-state index contributed by atoms with van der Waals surface area (Å²) in [6, 6.07) is 0. The molecule has 0 aliphatic carbocycles. The number of hydrogen-bond acceptors (Lipinski definition) is 0. The van der Waals surface area contributed by atoms with E-state index in [1.165, 1.54) is 0 Å². The monoisotopic (exact) mass is 188 g/mol. The first-order valence-electron chi connectivity index (χ1n) is 2.55. The van der Waals surface area contributed by atoms with Gasteiger partial charge < -0.3 is 0 Å². The van der Waals surface area contributed by atoms with Crippen LogP contribution in [0.5, 0.6) is 0 Å². The fourth-order valence-corrected chi connectivity index (χ4v) is 0.371. The van der Waals surface area contributed by atoms with E-state index in [1.807, 2.05) is 6.92 Å². The summed E-state index contributed by atoms with van der Waals surface area (Å²) in [5.41, 5.74) is 0. The summed E-state index contributed by atoms with van der Waals surface area (Å²) in [7, 11) is 0. The van der Waals surface area contributed by atoms with Crippen LogP contribution in [0.4, 0.5) is 0 Å². The van der Waals surface area contributed by atoms with E-state index < -0.39 is 0 Å². The normalized spacial score (nSPS) is 8.11. The van der Waals surface area contributed by atoms with Gasteiger partial charge in [0, 0.05) is 11.8 Å². The van der Waals surface area contributed by atoms with Gasteiger partial charge in [-0.3, -0.25) is 0 Å². The molecule has 0 nitrogen and oxygen atoms in total. The molecule has 9 heavy (non-hydrogen) atoms. The molecule has 0 unspecified atom stereocenters. The number of rotatable bonds is 2. The zero-order valence-electron chi connectivity index (χ0n) is 5.41. The maximum absolute atomic E-state index is 5.39. The summed E-state index contributed by atoms with van der Waals surface area (Å²) in [6.45, 7) is 5.25. The summed E-state index contributed by atoms with van der Waals surface area (Å²) in [5.74, 6) is 0.871. The van der Waals surface area contributed by atoms with Crippen molar-refractivity contribution >= 4 is 34.8 Å². The first-order chi connectivity index (χ1) is 4.22. The van der Waals surface area contributed by atoms with Crippen LogP contribution in [-0.2, 0) is 0 Å². The number of halogens is 3. The second kappa shape index (κ2) is 11.4. The molecule has 3 heteroatoms. The van der Waals surface area contributed by atoms with Gasteiger partial charge in [-0.05, 0) is 6.92 Å². The van der Waals surface area contributed by atoms with Gasteiger partial charge in [-0.25, -0.2) is 0 Å². The van der Waals surface area contributed by atoms with Crippen molar-refractivity contribution in [3.63, 3.8) is 0 Å². The van der Waals surface area contributed by atoms with Crippen molar-refractivity contribution in [2.75, 3.05) is 11.8 Å². The quantitative estimate of drug-likeness (QED) is 0.462. The Kier molecular flexibility index (Phi) is 15.6. The van der Waals surface area contributed by atoms with Crippen molar-refractivity contribution in [3.05, 3.63) is 12.7 Å². The number of alkyl halides is 3. The molecule has 0 aliphatic heterocycles. The van der Waals surface area contributed by atoms with Gasteiger partial charge in [0.1, 0.15) is 0 Å². The van der Waals surface area contributed by atoms with Gasteiger partial charge >= 0.3 is 0 Å². The third-order valence-electron chi connectivity index (χ3n) is 0.335. The van der Waals surface area contributed by atoms with E-state index in [0.29, 0.717) is 11.8 Å². The Morgan fingerprint density at radius 2 is 1.67 bits per heavy atom. The number of allylic oxidation sites excluding steroid dienone is 1. The summed E-state index contributed by atoms with van der Waals surface area (Å²) < 4.78 is 0. The average molecular weight is 190 g/mol. The SMILES string of the molecule is C=CC.ClCC(Cl)CCl. The molecule has 0 heterocycles. The predicted molar refractivity (Wildman–Crippen MR) is 47.0 cm³/mol. The van der Waals surface area contributed by atoms with Crippen LogP contribution < -0.4 is 0 Å². The van der Waals surface area contributed by atoms with E-state index in [0.717, 1.165) is 0 Å².